The van der Waals surface area contributed by atoms with E-state index in [1.807, 2.05) is 6.92 Å². The van der Waals surface area contributed by atoms with Gasteiger partial charge in [0, 0.05) is 6.54 Å². The van der Waals surface area contributed by atoms with Crippen molar-refractivity contribution in [2.75, 3.05) is 13.7 Å². The first-order valence-corrected chi connectivity index (χ1v) is 6.27. The van der Waals surface area contributed by atoms with Gasteiger partial charge in [-0.05, 0) is 12.8 Å². The third-order valence-corrected chi connectivity index (χ3v) is 3.10. The summed E-state index contributed by atoms with van der Waals surface area (Å²) in [7, 11) is 1.36. The van der Waals surface area contributed by atoms with Gasteiger partial charge in [-0.2, -0.15) is 0 Å². The summed E-state index contributed by atoms with van der Waals surface area (Å²) in [5.41, 5.74) is 0. The highest BCUT2D eigenvalue weighted by molar-refractivity contribution is 5.84. The number of hydrogen-bond acceptors (Lipinski definition) is 4. The number of ether oxygens (including phenoxy) is 1. The van der Waals surface area contributed by atoms with Crippen LogP contribution in [0.2, 0.25) is 0 Å². The van der Waals surface area contributed by atoms with E-state index in [0.29, 0.717) is 6.54 Å². The van der Waals surface area contributed by atoms with Crippen LogP contribution in [0, 0.1) is 0 Å². The Labute approximate surface area is 102 Å². The van der Waals surface area contributed by atoms with Gasteiger partial charge < -0.3 is 9.64 Å². The molecule has 5 nitrogen and oxygen atoms in total. The Morgan fingerprint density at radius 2 is 2.18 bits per heavy atom. The van der Waals surface area contributed by atoms with Crippen molar-refractivity contribution in [1.82, 2.24) is 10.2 Å². The molecule has 1 N–H and O–H groups in total. The van der Waals surface area contributed by atoms with Crippen LogP contribution in [-0.2, 0) is 14.3 Å². The van der Waals surface area contributed by atoms with Crippen molar-refractivity contribution in [2.45, 2.75) is 51.7 Å². The quantitative estimate of drug-likeness (QED) is 0.703. The second-order valence-corrected chi connectivity index (χ2v) is 4.29. The van der Waals surface area contributed by atoms with Crippen LogP contribution in [0.25, 0.3) is 0 Å². The molecule has 1 saturated heterocycles. The molecule has 1 amide bonds. The van der Waals surface area contributed by atoms with Gasteiger partial charge >= 0.3 is 5.97 Å². The summed E-state index contributed by atoms with van der Waals surface area (Å²) < 4.78 is 4.59. The van der Waals surface area contributed by atoms with Gasteiger partial charge in [0.25, 0.3) is 0 Å². The molecule has 0 aromatic rings. The summed E-state index contributed by atoms with van der Waals surface area (Å²) in [6.45, 7) is 4.54. The summed E-state index contributed by atoms with van der Waals surface area (Å²) in [4.78, 5) is 24.9. The van der Waals surface area contributed by atoms with E-state index in [9.17, 15) is 9.59 Å². The summed E-state index contributed by atoms with van der Waals surface area (Å²) >= 11 is 0. The van der Waals surface area contributed by atoms with Crippen LogP contribution in [-0.4, -0.2) is 42.6 Å². The zero-order valence-electron chi connectivity index (χ0n) is 10.9. The van der Waals surface area contributed by atoms with Crippen LogP contribution in [0.4, 0.5) is 0 Å². The van der Waals surface area contributed by atoms with Crippen molar-refractivity contribution in [1.29, 1.82) is 0 Å². The molecule has 0 aromatic carbocycles. The lowest BCUT2D eigenvalue weighted by Crippen LogP contribution is -2.38. The van der Waals surface area contributed by atoms with Crippen molar-refractivity contribution in [2.24, 2.45) is 0 Å². The van der Waals surface area contributed by atoms with Crippen LogP contribution in [0.1, 0.15) is 39.5 Å². The summed E-state index contributed by atoms with van der Waals surface area (Å²) in [5, 5.41) is 3.31. The van der Waals surface area contributed by atoms with E-state index in [1.165, 1.54) is 7.11 Å². The van der Waals surface area contributed by atoms with Crippen LogP contribution in [0.3, 0.4) is 0 Å². The highest BCUT2D eigenvalue weighted by atomic mass is 16.5. The molecular weight excluding hydrogens is 220 g/mol. The summed E-state index contributed by atoms with van der Waals surface area (Å²) in [6.07, 6.45) is 3.00. The molecule has 0 aromatic heterocycles. The Hall–Kier alpha value is -1.10. The maximum absolute atomic E-state index is 12.1. The van der Waals surface area contributed by atoms with Gasteiger partial charge in [0.2, 0.25) is 5.91 Å². The molecule has 1 heterocycles. The molecule has 0 radical (unpaired) electrons. The van der Waals surface area contributed by atoms with Gasteiger partial charge in [-0.15, -0.1) is 0 Å². The van der Waals surface area contributed by atoms with Gasteiger partial charge in [0.05, 0.1) is 25.7 Å². The number of amides is 1. The number of carbonyl (C=O) groups excluding carboxylic acids is 2. The van der Waals surface area contributed by atoms with Gasteiger partial charge in [-0.3, -0.25) is 14.9 Å². The number of hydrogen-bond donors (Lipinski definition) is 1. The van der Waals surface area contributed by atoms with Crippen LogP contribution in [0.5, 0.6) is 0 Å². The molecule has 0 bridgehead atoms. The Morgan fingerprint density at radius 1 is 1.47 bits per heavy atom. The Balaban J connectivity index is 2.55. The van der Waals surface area contributed by atoms with E-state index in [2.05, 4.69) is 17.0 Å². The number of rotatable bonds is 6. The average Bonchev–Trinajstić information content (AvgIpc) is 2.64. The number of carbonyl (C=O) groups is 2. The zero-order valence-corrected chi connectivity index (χ0v) is 10.9. The minimum absolute atomic E-state index is 0.0590. The van der Waals surface area contributed by atoms with E-state index in [0.717, 1.165) is 19.3 Å². The Morgan fingerprint density at radius 3 is 2.71 bits per heavy atom. The first-order valence-electron chi connectivity index (χ1n) is 6.27. The third kappa shape index (κ3) is 3.43. The average molecular weight is 242 g/mol. The molecule has 2 unspecified atom stereocenters. The molecule has 1 aliphatic rings. The number of methoxy groups -OCH3 is 1. The van der Waals surface area contributed by atoms with E-state index in [1.54, 1.807) is 4.90 Å². The second-order valence-electron chi connectivity index (χ2n) is 4.29. The molecular formula is C12H22N2O3. The largest absolute Gasteiger partial charge is 0.469 e. The predicted octanol–water partition coefficient (Wildman–Crippen LogP) is 0.886. The monoisotopic (exact) mass is 242 g/mol. The fourth-order valence-corrected chi connectivity index (χ4v) is 2.16. The normalized spacial score (nSPS) is 24.2. The second kappa shape index (κ2) is 6.59. The third-order valence-electron chi connectivity index (χ3n) is 3.10. The van der Waals surface area contributed by atoms with E-state index < -0.39 is 0 Å². The van der Waals surface area contributed by atoms with Crippen LogP contribution >= 0.6 is 0 Å². The maximum atomic E-state index is 12.1. The Bertz CT molecular complexity index is 281. The summed E-state index contributed by atoms with van der Waals surface area (Å²) in [6, 6.07) is -0.0809. The molecule has 1 aliphatic heterocycles. The number of esters is 1. The summed E-state index contributed by atoms with van der Waals surface area (Å²) in [5.74, 6) is -0.158. The lowest BCUT2D eigenvalue weighted by molar-refractivity contribution is -0.141. The predicted molar refractivity (Wildman–Crippen MR) is 64.3 cm³/mol. The molecule has 0 saturated carbocycles. The number of nitrogens with zero attached hydrogens (tertiary/aromatic N) is 1. The zero-order chi connectivity index (χ0) is 12.8. The minimum atomic E-state index is -0.272. The fourth-order valence-electron chi connectivity index (χ4n) is 2.16. The van der Waals surface area contributed by atoms with Crippen molar-refractivity contribution < 1.29 is 14.3 Å². The lowest BCUT2D eigenvalue weighted by atomic mass is 10.2. The molecule has 2 atom stereocenters. The van der Waals surface area contributed by atoms with Crippen molar-refractivity contribution in [3.63, 3.8) is 0 Å². The minimum Gasteiger partial charge on any atom is -0.469 e. The standard InChI is InChI=1S/C12H22N2O3/c1-4-6-9-12(16)14(10(5-2)13-9)8-7-11(15)17-3/h9-10,13H,4-8H2,1-3H3. The van der Waals surface area contributed by atoms with Crippen molar-refractivity contribution in [3.05, 3.63) is 0 Å². The van der Waals surface area contributed by atoms with Crippen molar-refractivity contribution in [3.8, 4) is 0 Å². The SMILES string of the molecule is CCCC1NC(CC)N(CCC(=O)OC)C1=O. The van der Waals surface area contributed by atoms with Gasteiger partial charge in [0.15, 0.2) is 0 Å². The Kier molecular flexibility index (Phi) is 5.41. The molecule has 1 rings (SSSR count). The van der Waals surface area contributed by atoms with Crippen molar-refractivity contribution >= 4 is 11.9 Å². The maximum Gasteiger partial charge on any atom is 0.307 e. The molecule has 5 heteroatoms. The molecule has 0 spiro atoms. The first kappa shape index (κ1) is 14.0. The van der Waals surface area contributed by atoms with Gasteiger partial charge in [-0.25, -0.2) is 0 Å². The molecule has 98 valence electrons. The van der Waals surface area contributed by atoms with E-state index in [4.69, 9.17) is 0 Å². The molecule has 17 heavy (non-hydrogen) atoms. The topological polar surface area (TPSA) is 58.6 Å². The van der Waals surface area contributed by atoms with E-state index in [-0.39, 0.29) is 30.5 Å². The first-order chi connectivity index (χ1) is 8.13. The van der Waals surface area contributed by atoms with Crippen LogP contribution < -0.4 is 5.32 Å². The highest BCUT2D eigenvalue weighted by Crippen LogP contribution is 2.17. The molecule has 0 aliphatic carbocycles. The smallest absolute Gasteiger partial charge is 0.307 e. The van der Waals surface area contributed by atoms with Gasteiger partial charge in [0.1, 0.15) is 0 Å². The van der Waals surface area contributed by atoms with Crippen LogP contribution in [0.15, 0.2) is 0 Å². The molecule has 1 fully saturated rings. The number of nitrogens with one attached hydrogen (secondary N) is 1. The highest BCUT2D eigenvalue weighted by Gasteiger charge is 2.36. The van der Waals surface area contributed by atoms with Gasteiger partial charge in [-0.1, -0.05) is 20.3 Å². The lowest BCUT2D eigenvalue weighted by Gasteiger charge is -2.22. The van der Waals surface area contributed by atoms with E-state index >= 15 is 0 Å². The fraction of sp³-hybridized carbons (Fsp3) is 0.833.